The summed E-state index contributed by atoms with van der Waals surface area (Å²) in [6.07, 6.45) is 0.740. The number of nitrogens with one attached hydrogen (secondary N) is 2. The number of aliphatic hydroxyl groups is 1. The zero-order valence-electron chi connectivity index (χ0n) is 19.7. The molecular weight excluding hydrogens is 434 g/mol. The fourth-order valence-corrected chi connectivity index (χ4v) is 6.31. The Morgan fingerprint density at radius 1 is 1.18 bits per heavy atom. The van der Waals surface area contributed by atoms with Gasteiger partial charge in [0.15, 0.2) is 0 Å². The first-order valence-corrected chi connectivity index (χ1v) is 11.9. The van der Waals surface area contributed by atoms with Crippen LogP contribution < -0.4 is 10.6 Å². The lowest BCUT2D eigenvalue weighted by atomic mass is 9.70. The Hall–Kier alpha value is -2.97. The molecule has 2 bridgehead atoms. The Morgan fingerprint density at radius 3 is 2.59 bits per heavy atom. The van der Waals surface area contributed by atoms with E-state index in [0.717, 1.165) is 10.8 Å². The summed E-state index contributed by atoms with van der Waals surface area (Å²) < 4.78 is 6.37. The number of fused-ring (bicyclic) bond motifs is 2. The molecule has 34 heavy (non-hydrogen) atoms. The molecule has 8 heteroatoms. The molecule has 1 spiro atoms. The second-order valence-electron chi connectivity index (χ2n) is 9.96. The SMILES string of the molecule is CNC(=O)[C@@H]1[C@H]2C(=O)N([C@@H](CO)C(C)C)C(C(=O)Nc3ccc4ccccc4c3)C23CC[C@H]1O3. The molecule has 2 unspecified atom stereocenters. The molecule has 3 aliphatic heterocycles. The highest BCUT2D eigenvalue weighted by atomic mass is 16.5. The minimum absolute atomic E-state index is 0.0872. The van der Waals surface area contributed by atoms with Crippen LogP contribution in [0.4, 0.5) is 5.69 Å². The van der Waals surface area contributed by atoms with E-state index < -0.39 is 35.6 Å². The summed E-state index contributed by atoms with van der Waals surface area (Å²) in [6, 6.07) is 12.0. The van der Waals surface area contributed by atoms with Gasteiger partial charge < -0.3 is 25.4 Å². The summed E-state index contributed by atoms with van der Waals surface area (Å²) in [5.74, 6) is -2.36. The number of aliphatic hydroxyl groups excluding tert-OH is 1. The Morgan fingerprint density at radius 2 is 1.91 bits per heavy atom. The predicted octanol–water partition coefficient (Wildman–Crippen LogP) is 1.92. The van der Waals surface area contributed by atoms with Crippen molar-refractivity contribution < 1.29 is 24.2 Å². The third kappa shape index (κ3) is 3.23. The van der Waals surface area contributed by atoms with E-state index in [1.54, 1.807) is 7.05 Å². The monoisotopic (exact) mass is 465 g/mol. The average Bonchev–Trinajstić information content (AvgIpc) is 3.46. The first-order valence-electron chi connectivity index (χ1n) is 11.9. The molecule has 3 saturated heterocycles. The molecule has 8 nitrogen and oxygen atoms in total. The maximum atomic E-state index is 13.9. The van der Waals surface area contributed by atoms with E-state index in [9.17, 15) is 19.5 Å². The van der Waals surface area contributed by atoms with Crippen molar-refractivity contribution in [2.45, 2.75) is 50.5 Å². The Labute approximate surface area is 198 Å². The molecule has 0 saturated carbocycles. The van der Waals surface area contributed by atoms with Gasteiger partial charge in [0.2, 0.25) is 17.7 Å². The molecule has 0 aromatic heterocycles. The topological polar surface area (TPSA) is 108 Å². The zero-order valence-corrected chi connectivity index (χ0v) is 19.7. The lowest BCUT2D eigenvalue weighted by Gasteiger charge is -2.38. The van der Waals surface area contributed by atoms with Crippen LogP contribution in [0.1, 0.15) is 26.7 Å². The van der Waals surface area contributed by atoms with E-state index in [4.69, 9.17) is 4.74 Å². The molecule has 2 aromatic carbocycles. The Balaban J connectivity index is 1.55. The van der Waals surface area contributed by atoms with Gasteiger partial charge in [-0.2, -0.15) is 0 Å². The number of likely N-dealkylation sites (tertiary alicyclic amines) is 1. The molecule has 2 aromatic rings. The average molecular weight is 466 g/mol. The van der Waals surface area contributed by atoms with Crippen molar-refractivity contribution in [2.24, 2.45) is 17.8 Å². The number of rotatable bonds is 6. The van der Waals surface area contributed by atoms with Crippen LogP contribution in [0.3, 0.4) is 0 Å². The number of amides is 3. The molecule has 5 rings (SSSR count). The van der Waals surface area contributed by atoms with Crippen LogP contribution in [-0.4, -0.2) is 65.2 Å². The molecule has 3 heterocycles. The van der Waals surface area contributed by atoms with Crippen molar-refractivity contribution in [3.05, 3.63) is 42.5 Å². The maximum Gasteiger partial charge on any atom is 0.250 e. The number of hydrogen-bond acceptors (Lipinski definition) is 5. The minimum Gasteiger partial charge on any atom is -0.394 e. The normalized spacial score (nSPS) is 30.6. The van der Waals surface area contributed by atoms with Gasteiger partial charge in [0, 0.05) is 12.7 Å². The summed E-state index contributed by atoms with van der Waals surface area (Å²) in [5, 5.41) is 17.9. The van der Waals surface area contributed by atoms with Crippen LogP contribution in [0.2, 0.25) is 0 Å². The van der Waals surface area contributed by atoms with Gasteiger partial charge in [-0.05, 0) is 41.7 Å². The standard InChI is InChI=1S/C26H31N3O5/c1-14(2)18(13-30)29-22(24(32)28-17-9-8-15-6-4-5-7-16(15)12-17)26-11-10-19(34-26)20(23(31)27-3)21(26)25(29)33/h4-9,12,14,18-22,30H,10-11,13H2,1-3H3,(H,27,31)(H,28,32)/t18-,19+,20-,21-,22?,26?/m0/s1. The van der Waals surface area contributed by atoms with Gasteiger partial charge in [0.25, 0.3) is 0 Å². The summed E-state index contributed by atoms with van der Waals surface area (Å²) in [5.41, 5.74) is -0.459. The number of carbonyl (C=O) groups is 3. The van der Waals surface area contributed by atoms with Crippen molar-refractivity contribution in [3.8, 4) is 0 Å². The van der Waals surface area contributed by atoms with E-state index >= 15 is 0 Å². The minimum atomic E-state index is -1.08. The molecule has 6 atom stereocenters. The van der Waals surface area contributed by atoms with E-state index in [1.165, 1.54) is 4.90 Å². The second-order valence-corrected chi connectivity index (χ2v) is 9.96. The molecule has 0 radical (unpaired) electrons. The molecule has 0 aliphatic carbocycles. The van der Waals surface area contributed by atoms with Crippen molar-refractivity contribution >= 4 is 34.2 Å². The van der Waals surface area contributed by atoms with Crippen LogP contribution in [0.15, 0.2) is 42.5 Å². The third-order valence-electron chi connectivity index (χ3n) is 7.87. The summed E-state index contributed by atoms with van der Waals surface area (Å²) >= 11 is 0. The molecular formula is C26H31N3O5. The fourth-order valence-electron chi connectivity index (χ4n) is 6.31. The van der Waals surface area contributed by atoms with Crippen molar-refractivity contribution in [2.75, 3.05) is 19.0 Å². The van der Waals surface area contributed by atoms with Gasteiger partial charge in [-0.15, -0.1) is 0 Å². The van der Waals surface area contributed by atoms with Gasteiger partial charge in [-0.25, -0.2) is 0 Å². The van der Waals surface area contributed by atoms with E-state index in [1.807, 2.05) is 56.3 Å². The van der Waals surface area contributed by atoms with Crippen molar-refractivity contribution in [1.29, 1.82) is 0 Å². The Kier molecular flexibility index (Phi) is 5.61. The van der Waals surface area contributed by atoms with Gasteiger partial charge >= 0.3 is 0 Å². The van der Waals surface area contributed by atoms with Crippen LogP contribution in [-0.2, 0) is 19.1 Å². The van der Waals surface area contributed by atoms with E-state index in [2.05, 4.69) is 10.6 Å². The molecule has 3 amide bonds. The zero-order chi connectivity index (χ0) is 24.2. The maximum absolute atomic E-state index is 13.9. The molecule has 180 valence electrons. The van der Waals surface area contributed by atoms with E-state index in [0.29, 0.717) is 18.5 Å². The van der Waals surface area contributed by atoms with Gasteiger partial charge in [-0.3, -0.25) is 14.4 Å². The predicted molar refractivity (Wildman–Crippen MR) is 127 cm³/mol. The van der Waals surface area contributed by atoms with Crippen LogP contribution in [0, 0.1) is 17.8 Å². The van der Waals surface area contributed by atoms with Crippen LogP contribution >= 0.6 is 0 Å². The van der Waals surface area contributed by atoms with Crippen LogP contribution in [0.5, 0.6) is 0 Å². The number of benzene rings is 2. The quantitative estimate of drug-likeness (QED) is 0.604. The highest BCUT2D eigenvalue weighted by molar-refractivity contribution is 6.04. The number of ether oxygens (including phenoxy) is 1. The molecule has 3 fully saturated rings. The van der Waals surface area contributed by atoms with Gasteiger partial charge in [-0.1, -0.05) is 44.2 Å². The molecule has 3 aliphatic rings. The van der Waals surface area contributed by atoms with Gasteiger partial charge in [0.05, 0.1) is 30.6 Å². The number of anilines is 1. The summed E-state index contributed by atoms with van der Waals surface area (Å²) in [7, 11) is 1.55. The van der Waals surface area contributed by atoms with Crippen LogP contribution in [0.25, 0.3) is 10.8 Å². The van der Waals surface area contributed by atoms with Gasteiger partial charge in [0.1, 0.15) is 11.6 Å². The first kappa shape index (κ1) is 22.8. The van der Waals surface area contributed by atoms with Crippen molar-refractivity contribution in [3.63, 3.8) is 0 Å². The fraction of sp³-hybridized carbons (Fsp3) is 0.500. The van der Waals surface area contributed by atoms with Crippen molar-refractivity contribution in [1.82, 2.24) is 10.2 Å². The highest BCUT2D eigenvalue weighted by Gasteiger charge is 2.75. The number of nitrogens with zero attached hydrogens (tertiary/aromatic N) is 1. The summed E-state index contributed by atoms with van der Waals surface area (Å²) in [4.78, 5) is 41.9. The first-order chi connectivity index (χ1) is 16.3. The number of hydrogen-bond donors (Lipinski definition) is 3. The second kappa shape index (κ2) is 8.36. The third-order valence-corrected chi connectivity index (χ3v) is 7.87. The highest BCUT2D eigenvalue weighted by Crippen LogP contribution is 2.59. The van der Waals surface area contributed by atoms with E-state index in [-0.39, 0.29) is 30.2 Å². The Bertz CT molecular complexity index is 1150. The number of carbonyl (C=O) groups excluding carboxylic acids is 3. The summed E-state index contributed by atoms with van der Waals surface area (Å²) in [6.45, 7) is 3.54. The largest absolute Gasteiger partial charge is 0.394 e. The molecule has 3 N–H and O–H groups in total. The lowest BCUT2D eigenvalue weighted by Crippen LogP contribution is -2.57. The lowest BCUT2D eigenvalue weighted by molar-refractivity contribution is -0.145. The smallest absolute Gasteiger partial charge is 0.250 e.